The zero-order valence-electron chi connectivity index (χ0n) is 28.1. The van der Waals surface area contributed by atoms with Crippen molar-refractivity contribution in [2.45, 2.75) is 82.0 Å². The van der Waals surface area contributed by atoms with Crippen LogP contribution in [0.15, 0.2) is 36.4 Å². The standard InChI is InChI=1S/C36H47N5O7/c1-22(42)39-27(6-4-5-16-37)34(44)38-17-19-40(2)35(45)47-25-10-7-23(8-11-25)21-41-18-15-36-26-12-13-29(43)33(36)48-32-30(46-3)14-9-24(31(32)36)20-28(26)41/h7-11,14,26-28,33H,4-6,12-13,15-21,37H2,1-3H3,(H,38,44)(H,39,42)/t26-,27-,28?,33-,36-/m0/s1. The van der Waals surface area contributed by atoms with E-state index in [9.17, 15) is 19.2 Å². The molecule has 258 valence electrons. The molecule has 2 aliphatic carbocycles. The minimum atomic E-state index is -0.637. The summed E-state index contributed by atoms with van der Waals surface area (Å²) in [5.41, 5.74) is 8.86. The van der Waals surface area contributed by atoms with Gasteiger partial charge in [-0.2, -0.15) is 0 Å². The summed E-state index contributed by atoms with van der Waals surface area (Å²) in [7, 11) is 3.26. The topological polar surface area (TPSA) is 153 Å². The number of ketones is 1. The highest BCUT2D eigenvalue weighted by atomic mass is 16.6. The van der Waals surface area contributed by atoms with Gasteiger partial charge in [0.15, 0.2) is 23.4 Å². The molecule has 0 radical (unpaired) electrons. The Hall–Kier alpha value is -4.16. The third-order valence-corrected chi connectivity index (χ3v) is 10.6. The normalized spacial score (nSPS) is 24.2. The van der Waals surface area contributed by atoms with Gasteiger partial charge in [-0.3, -0.25) is 19.3 Å². The number of likely N-dealkylation sites (N-methyl/N-ethyl adjacent to an activating group) is 1. The summed E-state index contributed by atoms with van der Waals surface area (Å²) in [6, 6.07) is 11.4. The highest BCUT2D eigenvalue weighted by Crippen LogP contribution is 2.63. The summed E-state index contributed by atoms with van der Waals surface area (Å²) in [4.78, 5) is 54.0. The van der Waals surface area contributed by atoms with Crippen LogP contribution in [0.2, 0.25) is 0 Å². The van der Waals surface area contributed by atoms with E-state index in [4.69, 9.17) is 19.9 Å². The number of carbonyl (C=O) groups excluding carboxylic acids is 4. The molecule has 1 unspecified atom stereocenters. The van der Waals surface area contributed by atoms with E-state index >= 15 is 0 Å². The number of unbranched alkanes of at least 4 members (excludes halogenated alkanes) is 1. The van der Waals surface area contributed by atoms with Crippen LogP contribution in [0.5, 0.6) is 17.2 Å². The highest BCUT2D eigenvalue weighted by Gasteiger charge is 2.65. The molecule has 1 saturated heterocycles. The maximum atomic E-state index is 13.2. The minimum Gasteiger partial charge on any atom is -0.493 e. The fourth-order valence-electron chi connectivity index (χ4n) is 8.40. The first-order valence-electron chi connectivity index (χ1n) is 17.1. The Balaban J connectivity index is 1.03. The summed E-state index contributed by atoms with van der Waals surface area (Å²) in [6.07, 6.45) is 4.21. The molecule has 12 heteroatoms. The predicted octanol–water partition coefficient (Wildman–Crippen LogP) is 2.68. The van der Waals surface area contributed by atoms with Gasteiger partial charge in [0.05, 0.1) is 7.11 Å². The molecule has 2 fully saturated rings. The first kappa shape index (κ1) is 33.7. The van der Waals surface area contributed by atoms with Crippen molar-refractivity contribution >= 4 is 23.7 Å². The van der Waals surface area contributed by atoms with Gasteiger partial charge in [-0.15, -0.1) is 0 Å². The molecule has 2 aromatic carbocycles. The number of likely N-dealkylation sites (tertiary alicyclic amines) is 1. The van der Waals surface area contributed by atoms with Crippen LogP contribution in [-0.2, 0) is 32.8 Å². The van der Waals surface area contributed by atoms with Crippen molar-refractivity contribution in [2.75, 3.05) is 40.3 Å². The van der Waals surface area contributed by atoms with Crippen molar-refractivity contribution in [2.24, 2.45) is 11.7 Å². The van der Waals surface area contributed by atoms with Gasteiger partial charge < -0.3 is 35.5 Å². The molecule has 0 aromatic heterocycles. The molecule has 2 aliphatic heterocycles. The number of rotatable bonds is 13. The van der Waals surface area contributed by atoms with Gasteiger partial charge in [0.1, 0.15) is 11.8 Å². The summed E-state index contributed by atoms with van der Waals surface area (Å²) < 4.78 is 17.7. The van der Waals surface area contributed by atoms with Crippen molar-refractivity contribution in [3.8, 4) is 17.2 Å². The molecule has 6 rings (SSSR count). The number of carbonyl (C=O) groups is 4. The lowest BCUT2D eigenvalue weighted by molar-refractivity contribution is -0.139. The lowest BCUT2D eigenvalue weighted by Gasteiger charge is -2.57. The number of amides is 3. The van der Waals surface area contributed by atoms with Crippen molar-refractivity contribution < 1.29 is 33.4 Å². The van der Waals surface area contributed by atoms with Crippen LogP contribution in [0.3, 0.4) is 0 Å². The van der Waals surface area contributed by atoms with Gasteiger partial charge >= 0.3 is 6.09 Å². The summed E-state index contributed by atoms with van der Waals surface area (Å²) in [5.74, 6) is 1.90. The first-order chi connectivity index (χ1) is 23.2. The molecule has 5 atom stereocenters. The maximum absolute atomic E-state index is 13.2. The van der Waals surface area contributed by atoms with Crippen molar-refractivity contribution in [3.63, 3.8) is 0 Å². The molecule has 48 heavy (non-hydrogen) atoms. The summed E-state index contributed by atoms with van der Waals surface area (Å²) >= 11 is 0. The molecule has 12 nitrogen and oxygen atoms in total. The average molecular weight is 662 g/mol. The van der Waals surface area contributed by atoms with Crippen LogP contribution >= 0.6 is 0 Å². The Morgan fingerprint density at radius 1 is 1.17 bits per heavy atom. The van der Waals surface area contributed by atoms with E-state index in [0.29, 0.717) is 42.8 Å². The Morgan fingerprint density at radius 3 is 2.69 bits per heavy atom. The lowest BCUT2D eigenvalue weighted by atomic mass is 9.51. The van der Waals surface area contributed by atoms with Crippen LogP contribution in [0, 0.1) is 5.92 Å². The van der Waals surface area contributed by atoms with E-state index < -0.39 is 18.2 Å². The Labute approximate surface area is 281 Å². The van der Waals surface area contributed by atoms with Crippen molar-refractivity contribution in [1.29, 1.82) is 0 Å². The number of hydrogen-bond donors (Lipinski definition) is 3. The highest BCUT2D eigenvalue weighted by molar-refractivity contribution is 5.89. The minimum absolute atomic E-state index is 0.203. The maximum Gasteiger partial charge on any atom is 0.415 e. The number of Topliss-reactive ketones (excluding diaryl/α,β-unsaturated/α-hetero) is 1. The van der Waals surface area contributed by atoms with E-state index in [1.54, 1.807) is 14.2 Å². The number of hydrogen-bond acceptors (Lipinski definition) is 9. The SMILES string of the molecule is COc1ccc2c3c1O[C@H]1C(=O)CC[C@H]4C(C2)N(Cc2ccc(OC(=O)N(C)CCNC(=O)[C@H](CCCCN)NC(C)=O)cc2)CC[C@]314. The molecule has 4 aliphatic rings. The van der Waals surface area contributed by atoms with Crippen LogP contribution < -0.4 is 30.6 Å². The second kappa shape index (κ2) is 14.1. The number of benzene rings is 2. The van der Waals surface area contributed by atoms with Gasteiger partial charge in [-0.05, 0) is 86.9 Å². The van der Waals surface area contributed by atoms with Gasteiger partial charge in [-0.1, -0.05) is 18.2 Å². The Morgan fingerprint density at radius 2 is 1.96 bits per heavy atom. The molecule has 2 bridgehead atoms. The average Bonchev–Trinajstić information content (AvgIpc) is 3.42. The van der Waals surface area contributed by atoms with Crippen molar-refractivity contribution in [1.82, 2.24) is 20.4 Å². The second-order valence-electron chi connectivity index (χ2n) is 13.5. The van der Waals surface area contributed by atoms with Gasteiger partial charge in [0.25, 0.3) is 0 Å². The number of nitrogens with one attached hydrogen (secondary N) is 2. The fourth-order valence-corrected chi connectivity index (χ4v) is 8.40. The zero-order valence-corrected chi connectivity index (χ0v) is 28.1. The van der Waals surface area contributed by atoms with Gasteiger partial charge in [0, 0.05) is 57.0 Å². The number of nitrogens with two attached hydrogens (primary N) is 1. The van der Waals surface area contributed by atoms with E-state index in [1.165, 1.54) is 23.0 Å². The third kappa shape index (κ3) is 6.35. The molecule has 2 aromatic rings. The van der Waals surface area contributed by atoms with Crippen LogP contribution in [-0.4, -0.2) is 92.0 Å². The van der Waals surface area contributed by atoms with E-state index in [1.807, 2.05) is 30.3 Å². The van der Waals surface area contributed by atoms with Crippen molar-refractivity contribution in [3.05, 3.63) is 53.1 Å². The molecular formula is C36H47N5O7. The lowest BCUT2D eigenvalue weighted by Crippen LogP contribution is -2.65. The number of ether oxygens (including phenoxy) is 3. The quantitative estimate of drug-likeness (QED) is 0.275. The predicted molar refractivity (Wildman–Crippen MR) is 178 cm³/mol. The number of nitrogens with zero attached hydrogens (tertiary/aromatic N) is 2. The van der Waals surface area contributed by atoms with Gasteiger partial charge in [0.2, 0.25) is 11.8 Å². The summed E-state index contributed by atoms with van der Waals surface area (Å²) in [5, 5.41) is 5.47. The first-order valence-corrected chi connectivity index (χ1v) is 17.1. The van der Waals surface area contributed by atoms with E-state index in [0.717, 1.165) is 56.5 Å². The molecular weight excluding hydrogens is 614 g/mol. The molecule has 1 spiro atoms. The molecule has 3 amide bonds. The van der Waals surface area contributed by atoms with Crippen LogP contribution in [0.25, 0.3) is 0 Å². The number of piperidine rings is 1. The molecule has 2 heterocycles. The van der Waals surface area contributed by atoms with Crippen LogP contribution in [0.1, 0.15) is 62.1 Å². The molecule has 4 N–H and O–H groups in total. The van der Waals surface area contributed by atoms with E-state index in [-0.39, 0.29) is 36.1 Å². The van der Waals surface area contributed by atoms with E-state index in [2.05, 4.69) is 21.6 Å². The Bertz CT molecular complexity index is 1550. The zero-order chi connectivity index (χ0) is 34.0. The second-order valence-corrected chi connectivity index (χ2v) is 13.5. The Kier molecular flexibility index (Phi) is 9.93. The molecule has 1 saturated carbocycles. The fraction of sp³-hybridized carbons (Fsp3) is 0.556. The van der Waals surface area contributed by atoms with Crippen LogP contribution in [0.4, 0.5) is 4.79 Å². The number of methoxy groups -OCH3 is 1. The van der Waals surface area contributed by atoms with Gasteiger partial charge in [-0.25, -0.2) is 4.79 Å². The smallest absolute Gasteiger partial charge is 0.415 e. The monoisotopic (exact) mass is 661 g/mol. The summed E-state index contributed by atoms with van der Waals surface area (Å²) in [6.45, 7) is 3.98. The largest absolute Gasteiger partial charge is 0.493 e. The third-order valence-electron chi connectivity index (χ3n) is 10.6.